The van der Waals surface area contributed by atoms with Crippen LogP contribution in [0, 0.1) is 10.1 Å². The molecule has 0 spiro atoms. The van der Waals surface area contributed by atoms with Crippen LogP contribution in [0.25, 0.3) is 0 Å². The van der Waals surface area contributed by atoms with Crippen molar-refractivity contribution in [2.45, 2.75) is 12.1 Å². The highest BCUT2D eigenvalue weighted by atomic mass is 19.1. The van der Waals surface area contributed by atoms with Gasteiger partial charge in [0.1, 0.15) is 5.83 Å². The molecule has 0 radical (unpaired) electrons. The molecule has 1 aromatic rings. The minimum atomic E-state index is -2.15. The lowest BCUT2D eigenvalue weighted by atomic mass is 9.88. The topological polar surface area (TPSA) is 43.1 Å². The van der Waals surface area contributed by atoms with Crippen LogP contribution in [0.5, 0.6) is 0 Å². The highest BCUT2D eigenvalue weighted by molar-refractivity contribution is 5.48. The molecule has 0 heterocycles. The number of alkyl halides is 1. The van der Waals surface area contributed by atoms with E-state index in [-0.39, 0.29) is 17.7 Å². The second-order valence-corrected chi connectivity index (χ2v) is 3.77. The van der Waals surface area contributed by atoms with E-state index in [1.165, 1.54) is 30.3 Å². The molecule has 17 heavy (non-hydrogen) atoms. The average Bonchev–Trinajstić information content (AvgIpc) is 2.28. The molecule has 1 aliphatic carbocycles. The van der Waals surface area contributed by atoms with Gasteiger partial charge >= 0.3 is 0 Å². The Morgan fingerprint density at radius 3 is 2.71 bits per heavy atom. The van der Waals surface area contributed by atoms with Gasteiger partial charge in [-0.15, -0.1) is 0 Å². The number of hydrogen-bond acceptors (Lipinski definition) is 2. The molecule has 0 N–H and O–H groups in total. The predicted octanol–water partition coefficient (Wildman–Crippen LogP) is 3.57. The van der Waals surface area contributed by atoms with Gasteiger partial charge in [0.25, 0.3) is 5.69 Å². The Balaban J connectivity index is 2.54. The van der Waals surface area contributed by atoms with Crippen molar-refractivity contribution in [1.29, 1.82) is 0 Å². The van der Waals surface area contributed by atoms with E-state index in [0.717, 1.165) is 12.2 Å². The van der Waals surface area contributed by atoms with Crippen LogP contribution in [0.2, 0.25) is 0 Å². The van der Waals surface area contributed by atoms with Gasteiger partial charge in [-0.2, -0.15) is 0 Å². The third kappa shape index (κ3) is 2.08. The van der Waals surface area contributed by atoms with Gasteiger partial charge in [0.15, 0.2) is 5.67 Å². The molecular formula is C12H9F2NO2. The molecule has 2 rings (SSSR count). The maximum absolute atomic E-state index is 14.5. The smallest absolute Gasteiger partial charge is 0.258 e. The van der Waals surface area contributed by atoms with Crippen LogP contribution in [0.1, 0.15) is 12.0 Å². The monoisotopic (exact) mass is 237 g/mol. The fourth-order valence-electron chi connectivity index (χ4n) is 1.84. The summed E-state index contributed by atoms with van der Waals surface area (Å²) in [6, 6.07) is 5.46. The van der Waals surface area contributed by atoms with Gasteiger partial charge in [0, 0.05) is 12.5 Å². The normalized spacial score (nSPS) is 23.3. The Kier molecular flexibility index (Phi) is 2.75. The first-order valence-corrected chi connectivity index (χ1v) is 5.01. The van der Waals surface area contributed by atoms with E-state index in [4.69, 9.17) is 0 Å². The van der Waals surface area contributed by atoms with E-state index >= 15 is 0 Å². The first-order valence-electron chi connectivity index (χ1n) is 5.01. The predicted molar refractivity (Wildman–Crippen MR) is 58.8 cm³/mol. The number of benzene rings is 1. The van der Waals surface area contributed by atoms with E-state index in [0.29, 0.717) is 0 Å². The molecular weight excluding hydrogens is 228 g/mol. The molecule has 3 nitrogen and oxygen atoms in total. The maximum Gasteiger partial charge on any atom is 0.276 e. The first kappa shape index (κ1) is 11.4. The number of halogens is 2. The van der Waals surface area contributed by atoms with Gasteiger partial charge in [0.2, 0.25) is 0 Å². The van der Waals surface area contributed by atoms with E-state index in [1.807, 2.05) is 0 Å². The second kappa shape index (κ2) is 4.08. The number of nitro groups is 1. The lowest BCUT2D eigenvalue weighted by Crippen LogP contribution is -2.20. The first-order chi connectivity index (χ1) is 8.03. The van der Waals surface area contributed by atoms with Crippen molar-refractivity contribution in [3.8, 4) is 0 Å². The molecule has 0 saturated carbocycles. The lowest BCUT2D eigenvalue weighted by Gasteiger charge is -2.22. The summed E-state index contributed by atoms with van der Waals surface area (Å²) in [7, 11) is 0. The lowest BCUT2D eigenvalue weighted by molar-refractivity contribution is -0.386. The summed E-state index contributed by atoms with van der Waals surface area (Å²) in [5, 5.41) is 10.8. The van der Waals surface area contributed by atoms with Crippen LogP contribution < -0.4 is 0 Å². The number of allylic oxidation sites excluding steroid dienone is 4. The van der Waals surface area contributed by atoms with Crippen LogP contribution in [0.4, 0.5) is 14.5 Å². The van der Waals surface area contributed by atoms with Gasteiger partial charge in [-0.25, -0.2) is 8.78 Å². The number of hydrogen-bond donors (Lipinski definition) is 0. The molecule has 0 aliphatic heterocycles. The standard InChI is InChI=1S/C12H9F2NO2/c13-9-4-3-7-12(14,8-9)10-5-1-2-6-11(10)15(16)17/h1-6,8H,7H2. The van der Waals surface area contributed by atoms with Crippen molar-refractivity contribution in [2.75, 3.05) is 0 Å². The maximum atomic E-state index is 14.5. The van der Waals surface area contributed by atoms with Crippen LogP contribution in [-0.4, -0.2) is 4.92 Å². The highest BCUT2D eigenvalue weighted by Crippen LogP contribution is 2.40. The number of rotatable bonds is 2. The molecule has 88 valence electrons. The summed E-state index contributed by atoms with van der Waals surface area (Å²) >= 11 is 0. The molecule has 0 fully saturated rings. The van der Waals surface area contributed by atoms with Crippen molar-refractivity contribution in [3.05, 3.63) is 64.0 Å². The van der Waals surface area contributed by atoms with E-state index in [2.05, 4.69) is 0 Å². The summed E-state index contributed by atoms with van der Waals surface area (Å²) in [4.78, 5) is 10.1. The zero-order chi connectivity index (χ0) is 12.5. The SMILES string of the molecule is O=[N+]([O-])c1ccccc1C1(F)C=C(F)C=CC1. The van der Waals surface area contributed by atoms with Crippen molar-refractivity contribution in [2.24, 2.45) is 0 Å². The number of para-hydroxylation sites is 1. The third-order valence-electron chi connectivity index (χ3n) is 2.61. The Hall–Kier alpha value is -2.04. The van der Waals surface area contributed by atoms with Gasteiger partial charge < -0.3 is 0 Å². The summed E-state index contributed by atoms with van der Waals surface area (Å²) in [5.74, 6) is -0.725. The van der Waals surface area contributed by atoms with Crippen molar-refractivity contribution in [1.82, 2.24) is 0 Å². The van der Waals surface area contributed by atoms with Crippen molar-refractivity contribution >= 4 is 5.69 Å². The zero-order valence-corrected chi connectivity index (χ0v) is 8.77. The fourth-order valence-corrected chi connectivity index (χ4v) is 1.84. The summed E-state index contributed by atoms with van der Waals surface area (Å²) in [6.45, 7) is 0. The van der Waals surface area contributed by atoms with Crippen LogP contribution in [0.15, 0.2) is 48.3 Å². The Morgan fingerprint density at radius 1 is 1.35 bits per heavy atom. The molecule has 0 amide bonds. The number of nitrogens with zero attached hydrogens (tertiary/aromatic N) is 1. The Labute approximate surface area is 96.2 Å². The summed E-state index contributed by atoms with van der Waals surface area (Å²) in [5.41, 5.74) is -2.61. The molecule has 1 aromatic carbocycles. The molecule has 5 heteroatoms. The molecule has 1 aliphatic rings. The Morgan fingerprint density at radius 2 is 2.06 bits per heavy atom. The molecule has 0 bridgehead atoms. The van der Waals surface area contributed by atoms with Gasteiger partial charge in [-0.05, 0) is 18.2 Å². The van der Waals surface area contributed by atoms with E-state index in [9.17, 15) is 18.9 Å². The van der Waals surface area contributed by atoms with Gasteiger partial charge in [0.05, 0.1) is 10.5 Å². The minimum Gasteiger partial charge on any atom is -0.258 e. The minimum absolute atomic E-state index is 0.106. The third-order valence-corrected chi connectivity index (χ3v) is 2.61. The van der Waals surface area contributed by atoms with Gasteiger partial charge in [-0.3, -0.25) is 10.1 Å². The molecule has 1 unspecified atom stereocenters. The quantitative estimate of drug-likeness (QED) is 0.582. The van der Waals surface area contributed by atoms with E-state index in [1.54, 1.807) is 0 Å². The van der Waals surface area contributed by atoms with Crippen LogP contribution in [-0.2, 0) is 5.67 Å². The van der Waals surface area contributed by atoms with Crippen LogP contribution >= 0.6 is 0 Å². The second-order valence-electron chi connectivity index (χ2n) is 3.77. The van der Waals surface area contributed by atoms with E-state index < -0.39 is 16.4 Å². The van der Waals surface area contributed by atoms with Gasteiger partial charge in [-0.1, -0.05) is 18.2 Å². The van der Waals surface area contributed by atoms with Crippen molar-refractivity contribution in [3.63, 3.8) is 0 Å². The van der Waals surface area contributed by atoms with Crippen molar-refractivity contribution < 1.29 is 13.7 Å². The average molecular weight is 237 g/mol. The molecule has 0 aromatic heterocycles. The zero-order valence-electron chi connectivity index (χ0n) is 8.77. The molecule has 0 saturated heterocycles. The fraction of sp³-hybridized carbons (Fsp3) is 0.167. The highest BCUT2D eigenvalue weighted by Gasteiger charge is 2.36. The number of nitro benzene ring substituents is 1. The summed E-state index contributed by atoms with van der Waals surface area (Å²) < 4.78 is 27.6. The molecule has 1 atom stereocenters. The van der Waals surface area contributed by atoms with Crippen LogP contribution in [0.3, 0.4) is 0 Å². The Bertz CT molecular complexity index is 525. The summed E-state index contributed by atoms with van der Waals surface area (Å²) in [6.07, 6.45) is 3.14. The largest absolute Gasteiger partial charge is 0.276 e.